The van der Waals surface area contributed by atoms with E-state index < -0.39 is 0 Å². The Hall–Kier alpha value is -2.84. The van der Waals surface area contributed by atoms with Crippen LogP contribution in [0.5, 0.6) is 5.75 Å². The first kappa shape index (κ1) is 22.8. The van der Waals surface area contributed by atoms with Gasteiger partial charge in [-0.15, -0.1) is 0 Å². The summed E-state index contributed by atoms with van der Waals surface area (Å²) in [6.45, 7) is 6.14. The van der Waals surface area contributed by atoms with Gasteiger partial charge in [-0.2, -0.15) is 0 Å². The van der Waals surface area contributed by atoms with Crippen LogP contribution in [-0.2, 0) is 16.1 Å². The molecule has 0 fully saturated rings. The van der Waals surface area contributed by atoms with Crippen LogP contribution in [0.25, 0.3) is 10.9 Å². The number of nitrogens with zero attached hydrogens (tertiary/aromatic N) is 2. The second-order valence-corrected chi connectivity index (χ2v) is 7.66. The number of carbonyl (C=O) groups is 1. The van der Waals surface area contributed by atoms with Crippen LogP contribution in [0, 0.1) is 0 Å². The summed E-state index contributed by atoms with van der Waals surface area (Å²) in [6.07, 6.45) is 0.694. The highest BCUT2D eigenvalue weighted by Gasteiger charge is 2.13. The van der Waals surface area contributed by atoms with Crippen molar-refractivity contribution in [1.82, 2.24) is 9.55 Å². The zero-order chi connectivity index (χ0) is 22.1. The Kier molecular flexibility index (Phi) is 8.49. The highest BCUT2D eigenvalue weighted by atomic mass is 32.2. The highest BCUT2D eigenvalue weighted by Crippen LogP contribution is 2.20. The van der Waals surface area contributed by atoms with Crippen molar-refractivity contribution >= 4 is 34.3 Å². The van der Waals surface area contributed by atoms with E-state index in [0.717, 1.165) is 5.75 Å². The van der Waals surface area contributed by atoms with E-state index in [-0.39, 0.29) is 17.2 Å². The second kappa shape index (κ2) is 11.5. The lowest BCUT2D eigenvalue weighted by Gasteiger charge is -2.13. The maximum Gasteiger partial charge on any atom is 0.262 e. The minimum Gasteiger partial charge on any atom is -0.494 e. The van der Waals surface area contributed by atoms with E-state index in [1.807, 2.05) is 44.2 Å². The summed E-state index contributed by atoms with van der Waals surface area (Å²) < 4.78 is 12.4. The largest absolute Gasteiger partial charge is 0.494 e. The zero-order valence-electron chi connectivity index (χ0n) is 17.8. The molecule has 0 aliphatic carbocycles. The van der Waals surface area contributed by atoms with Crippen LogP contribution in [-0.4, -0.2) is 41.0 Å². The van der Waals surface area contributed by atoms with Crippen molar-refractivity contribution in [3.05, 3.63) is 58.9 Å². The average molecular weight is 442 g/mol. The molecule has 1 heterocycles. The molecule has 1 amide bonds. The fourth-order valence-corrected chi connectivity index (χ4v) is 3.88. The van der Waals surface area contributed by atoms with Crippen LogP contribution in [0.15, 0.2) is 58.5 Å². The summed E-state index contributed by atoms with van der Waals surface area (Å²) >= 11 is 1.25. The van der Waals surface area contributed by atoms with E-state index in [2.05, 4.69) is 10.3 Å². The van der Waals surface area contributed by atoms with E-state index >= 15 is 0 Å². The van der Waals surface area contributed by atoms with Crippen molar-refractivity contribution < 1.29 is 14.3 Å². The molecule has 8 heteroatoms. The van der Waals surface area contributed by atoms with Gasteiger partial charge in [0.2, 0.25) is 5.91 Å². The predicted molar refractivity (Wildman–Crippen MR) is 124 cm³/mol. The number of rotatable bonds is 11. The second-order valence-electron chi connectivity index (χ2n) is 6.71. The SMILES string of the molecule is CCOCCCn1c(SCC(=O)Nc2ccc(OCC)cc2)nc2ccccc2c1=O. The molecular formula is C23H27N3O4S. The van der Waals surface area contributed by atoms with Gasteiger partial charge in [0.1, 0.15) is 5.75 Å². The Labute approximate surface area is 185 Å². The molecule has 0 atom stereocenters. The molecule has 0 saturated carbocycles. The van der Waals surface area contributed by atoms with Gasteiger partial charge in [-0.3, -0.25) is 14.2 Å². The molecule has 1 N–H and O–H groups in total. The Morgan fingerprint density at radius 1 is 1.10 bits per heavy atom. The van der Waals surface area contributed by atoms with Crippen LogP contribution in [0.2, 0.25) is 0 Å². The molecule has 0 radical (unpaired) electrons. The number of carbonyl (C=O) groups excluding carboxylic acids is 1. The van der Waals surface area contributed by atoms with Crippen LogP contribution in [0.1, 0.15) is 20.3 Å². The van der Waals surface area contributed by atoms with Crippen molar-refractivity contribution in [2.24, 2.45) is 0 Å². The number of anilines is 1. The minimum absolute atomic E-state index is 0.100. The number of nitrogens with one attached hydrogen (secondary N) is 1. The van der Waals surface area contributed by atoms with Crippen molar-refractivity contribution in [1.29, 1.82) is 0 Å². The van der Waals surface area contributed by atoms with E-state index in [9.17, 15) is 9.59 Å². The quantitative estimate of drug-likeness (QED) is 0.276. The molecule has 0 bridgehead atoms. The van der Waals surface area contributed by atoms with E-state index in [0.29, 0.717) is 54.5 Å². The van der Waals surface area contributed by atoms with Crippen LogP contribution >= 0.6 is 11.8 Å². The maximum absolute atomic E-state index is 13.0. The molecule has 0 aliphatic rings. The monoisotopic (exact) mass is 441 g/mol. The highest BCUT2D eigenvalue weighted by molar-refractivity contribution is 7.99. The van der Waals surface area contributed by atoms with Gasteiger partial charge in [-0.1, -0.05) is 23.9 Å². The number of hydrogen-bond acceptors (Lipinski definition) is 6. The Morgan fingerprint density at radius 2 is 1.87 bits per heavy atom. The number of aromatic nitrogens is 2. The smallest absolute Gasteiger partial charge is 0.262 e. The average Bonchev–Trinajstić information content (AvgIpc) is 2.78. The number of para-hydroxylation sites is 1. The number of fused-ring (bicyclic) bond motifs is 1. The Balaban J connectivity index is 1.71. The lowest BCUT2D eigenvalue weighted by molar-refractivity contribution is -0.113. The van der Waals surface area contributed by atoms with E-state index in [4.69, 9.17) is 9.47 Å². The van der Waals surface area contributed by atoms with Crippen LogP contribution < -0.4 is 15.6 Å². The van der Waals surface area contributed by atoms with Crippen molar-refractivity contribution in [2.75, 3.05) is 30.9 Å². The lowest BCUT2D eigenvalue weighted by atomic mass is 10.2. The third kappa shape index (κ3) is 6.32. The maximum atomic E-state index is 13.0. The van der Waals surface area contributed by atoms with Gasteiger partial charge in [0, 0.05) is 25.4 Å². The molecular weight excluding hydrogens is 414 g/mol. The molecule has 7 nitrogen and oxygen atoms in total. The van der Waals surface area contributed by atoms with Crippen molar-refractivity contribution in [3.63, 3.8) is 0 Å². The number of ether oxygens (including phenoxy) is 2. The normalized spacial score (nSPS) is 10.9. The molecule has 164 valence electrons. The first-order valence-corrected chi connectivity index (χ1v) is 11.3. The van der Waals surface area contributed by atoms with Gasteiger partial charge >= 0.3 is 0 Å². The molecule has 1 aromatic heterocycles. The third-order valence-electron chi connectivity index (χ3n) is 4.48. The van der Waals surface area contributed by atoms with Crippen LogP contribution in [0.4, 0.5) is 5.69 Å². The minimum atomic E-state index is -0.169. The fourth-order valence-electron chi connectivity index (χ4n) is 3.05. The van der Waals surface area contributed by atoms with Crippen molar-refractivity contribution in [2.45, 2.75) is 32.0 Å². The van der Waals surface area contributed by atoms with Gasteiger partial charge < -0.3 is 14.8 Å². The number of hydrogen-bond donors (Lipinski definition) is 1. The van der Waals surface area contributed by atoms with E-state index in [1.54, 1.807) is 22.8 Å². The topological polar surface area (TPSA) is 82.4 Å². The van der Waals surface area contributed by atoms with E-state index in [1.165, 1.54) is 11.8 Å². The Bertz CT molecular complexity index is 1070. The molecule has 0 unspecified atom stereocenters. The summed E-state index contributed by atoms with van der Waals surface area (Å²) in [6, 6.07) is 14.5. The molecule has 2 aromatic carbocycles. The summed E-state index contributed by atoms with van der Waals surface area (Å²) in [7, 11) is 0. The van der Waals surface area contributed by atoms with Gasteiger partial charge in [-0.25, -0.2) is 4.98 Å². The number of amides is 1. The van der Waals surface area contributed by atoms with Gasteiger partial charge in [0.15, 0.2) is 5.16 Å². The van der Waals surface area contributed by atoms with Gasteiger partial charge in [0.05, 0.1) is 23.3 Å². The Morgan fingerprint density at radius 3 is 2.61 bits per heavy atom. The lowest BCUT2D eigenvalue weighted by Crippen LogP contribution is -2.25. The van der Waals surface area contributed by atoms with Gasteiger partial charge in [-0.05, 0) is 56.7 Å². The summed E-state index contributed by atoms with van der Waals surface area (Å²) in [5.41, 5.74) is 1.22. The molecule has 3 rings (SSSR count). The first-order chi connectivity index (χ1) is 15.1. The summed E-state index contributed by atoms with van der Waals surface area (Å²) in [5.74, 6) is 0.729. The molecule has 0 aliphatic heterocycles. The van der Waals surface area contributed by atoms with Crippen LogP contribution in [0.3, 0.4) is 0 Å². The third-order valence-corrected chi connectivity index (χ3v) is 5.46. The standard InChI is InChI=1S/C23H27N3O4S/c1-3-29-15-7-14-26-22(28)19-8-5-6-9-20(19)25-23(26)31-16-21(27)24-17-10-12-18(13-11-17)30-4-2/h5-6,8-13H,3-4,7,14-16H2,1-2H3,(H,24,27). The molecule has 0 saturated heterocycles. The molecule has 3 aromatic rings. The zero-order valence-corrected chi connectivity index (χ0v) is 18.6. The van der Waals surface area contributed by atoms with Gasteiger partial charge in [0.25, 0.3) is 5.56 Å². The summed E-state index contributed by atoms with van der Waals surface area (Å²) in [5, 5.41) is 3.96. The number of thioether (sulfide) groups is 1. The predicted octanol–water partition coefficient (Wildman–Crippen LogP) is 3.95. The summed E-state index contributed by atoms with van der Waals surface area (Å²) in [4.78, 5) is 30.1. The molecule has 31 heavy (non-hydrogen) atoms. The number of benzene rings is 2. The molecule has 0 spiro atoms. The fraction of sp³-hybridized carbons (Fsp3) is 0.348. The van der Waals surface area contributed by atoms with Crippen molar-refractivity contribution in [3.8, 4) is 5.75 Å². The first-order valence-electron chi connectivity index (χ1n) is 10.3.